The first-order valence-corrected chi connectivity index (χ1v) is 6.14. The molecule has 0 spiro atoms. The summed E-state index contributed by atoms with van der Waals surface area (Å²) in [5, 5.41) is 3.46. The standard InChI is InChI=1S/C11H18N2S/c1-4-14-8-10(3)13-11-5-6-12-9(2)7-11/h5-7,10H,4,8H2,1-3H3,(H,12,13). The third-order valence-corrected chi connectivity index (χ3v) is 3.03. The lowest BCUT2D eigenvalue weighted by Gasteiger charge is -2.14. The fourth-order valence-corrected chi connectivity index (χ4v) is 1.93. The molecule has 78 valence electrons. The first-order chi connectivity index (χ1) is 6.72. The van der Waals surface area contributed by atoms with E-state index < -0.39 is 0 Å². The zero-order valence-corrected chi connectivity index (χ0v) is 9.90. The monoisotopic (exact) mass is 210 g/mol. The average Bonchev–Trinajstić information content (AvgIpc) is 2.15. The van der Waals surface area contributed by atoms with Gasteiger partial charge in [0.15, 0.2) is 0 Å². The maximum absolute atomic E-state index is 4.16. The molecule has 0 radical (unpaired) electrons. The molecule has 1 atom stereocenters. The van der Waals surface area contributed by atoms with E-state index in [2.05, 4.69) is 30.2 Å². The molecule has 1 aromatic rings. The van der Waals surface area contributed by atoms with Crippen molar-refractivity contribution in [2.75, 3.05) is 16.8 Å². The molecule has 0 aliphatic heterocycles. The fraction of sp³-hybridized carbons (Fsp3) is 0.545. The van der Waals surface area contributed by atoms with Crippen LogP contribution in [-0.4, -0.2) is 22.5 Å². The van der Waals surface area contributed by atoms with Gasteiger partial charge in [0.2, 0.25) is 0 Å². The van der Waals surface area contributed by atoms with Crippen molar-refractivity contribution in [1.29, 1.82) is 0 Å². The Morgan fingerprint density at radius 2 is 2.36 bits per heavy atom. The van der Waals surface area contributed by atoms with Crippen molar-refractivity contribution >= 4 is 17.4 Å². The van der Waals surface area contributed by atoms with Crippen molar-refractivity contribution in [2.45, 2.75) is 26.8 Å². The second kappa shape index (κ2) is 5.91. The lowest BCUT2D eigenvalue weighted by molar-refractivity contribution is 0.911. The van der Waals surface area contributed by atoms with Gasteiger partial charge in [0.1, 0.15) is 0 Å². The minimum absolute atomic E-state index is 0.516. The van der Waals surface area contributed by atoms with Gasteiger partial charge in [-0.15, -0.1) is 0 Å². The Balaban J connectivity index is 2.43. The predicted octanol–water partition coefficient (Wildman–Crippen LogP) is 2.94. The van der Waals surface area contributed by atoms with Crippen molar-refractivity contribution in [2.24, 2.45) is 0 Å². The van der Waals surface area contributed by atoms with Crippen LogP contribution in [-0.2, 0) is 0 Å². The molecule has 1 rings (SSSR count). The highest BCUT2D eigenvalue weighted by molar-refractivity contribution is 7.99. The topological polar surface area (TPSA) is 24.9 Å². The van der Waals surface area contributed by atoms with E-state index in [1.807, 2.05) is 30.9 Å². The van der Waals surface area contributed by atoms with Crippen molar-refractivity contribution in [3.05, 3.63) is 24.0 Å². The minimum Gasteiger partial charge on any atom is -0.382 e. The van der Waals surface area contributed by atoms with Gasteiger partial charge in [-0.2, -0.15) is 11.8 Å². The largest absolute Gasteiger partial charge is 0.382 e. The summed E-state index contributed by atoms with van der Waals surface area (Å²) in [5.41, 5.74) is 2.23. The van der Waals surface area contributed by atoms with Crippen LogP contribution in [0.1, 0.15) is 19.5 Å². The summed E-state index contributed by atoms with van der Waals surface area (Å²) in [5.74, 6) is 2.33. The SMILES string of the molecule is CCSCC(C)Nc1ccnc(C)c1. The number of anilines is 1. The maximum Gasteiger partial charge on any atom is 0.0393 e. The van der Waals surface area contributed by atoms with Gasteiger partial charge in [-0.25, -0.2) is 0 Å². The van der Waals surface area contributed by atoms with Crippen LogP contribution >= 0.6 is 11.8 Å². The van der Waals surface area contributed by atoms with Gasteiger partial charge in [0.05, 0.1) is 0 Å². The molecule has 1 unspecified atom stereocenters. The van der Waals surface area contributed by atoms with Gasteiger partial charge >= 0.3 is 0 Å². The summed E-state index contributed by atoms with van der Waals surface area (Å²) in [6, 6.07) is 4.61. The van der Waals surface area contributed by atoms with E-state index in [-0.39, 0.29) is 0 Å². The first-order valence-electron chi connectivity index (χ1n) is 4.99. The Hall–Kier alpha value is -0.700. The lowest BCUT2D eigenvalue weighted by atomic mass is 10.3. The molecule has 0 saturated carbocycles. The van der Waals surface area contributed by atoms with E-state index in [1.54, 1.807) is 0 Å². The summed E-state index contributed by atoms with van der Waals surface area (Å²) in [6.07, 6.45) is 1.84. The third-order valence-electron chi connectivity index (χ3n) is 1.88. The molecule has 1 heterocycles. The number of hydrogen-bond donors (Lipinski definition) is 1. The first kappa shape index (κ1) is 11.4. The Kier molecular flexibility index (Phi) is 4.80. The zero-order valence-electron chi connectivity index (χ0n) is 9.08. The van der Waals surface area contributed by atoms with Gasteiger partial charge in [0.25, 0.3) is 0 Å². The van der Waals surface area contributed by atoms with Crippen LogP contribution in [0.25, 0.3) is 0 Å². The number of rotatable bonds is 5. The molecule has 0 aromatic carbocycles. The number of aryl methyl sites for hydroxylation is 1. The van der Waals surface area contributed by atoms with Crippen molar-refractivity contribution in [3.8, 4) is 0 Å². The quantitative estimate of drug-likeness (QED) is 0.809. The summed E-state index contributed by atoms with van der Waals surface area (Å²) in [6.45, 7) is 6.41. The molecule has 14 heavy (non-hydrogen) atoms. The number of nitrogens with zero attached hydrogens (tertiary/aromatic N) is 1. The molecule has 0 saturated heterocycles. The summed E-state index contributed by atoms with van der Waals surface area (Å²) in [7, 11) is 0. The Labute approximate surface area is 90.5 Å². The zero-order chi connectivity index (χ0) is 10.4. The third kappa shape index (κ3) is 4.01. The Morgan fingerprint density at radius 1 is 1.57 bits per heavy atom. The average molecular weight is 210 g/mol. The maximum atomic E-state index is 4.16. The van der Waals surface area contributed by atoms with Crippen LogP contribution in [0, 0.1) is 6.92 Å². The van der Waals surface area contributed by atoms with E-state index >= 15 is 0 Å². The highest BCUT2D eigenvalue weighted by Gasteiger charge is 2.01. The van der Waals surface area contributed by atoms with Crippen LogP contribution in [0.2, 0.25) is 0 Å². The van der Waals surface area contributed by atoms with Gasteiger partial charge in [-0.05, 0) is 31.7 Å². The Bertz CT molecular complexity index is 276. The molecular weight excluding hydrogens is 192 g/mol. The second-order valence-corrected chi connectivity index (χ2v) is 4.71. The van der Waals surface area contributed by atoms with Crippen LogP contribution in [0.15, 0.2) is 18.3 Å². The van der Waals surface area contributed by atoms with Gasteiger partial charge < -0.3 is 5.32 Å². The van der Waals surface area contributed by atoms with Crippen molar-refractivity contribution in [1.82, 2.24) is 4.98 Å². The number of nitrogens with one attached hydrogen (secondary N) is 1. The fourth-order valence-electron chi connectivity index (χ4n) is 1.26. The van der Waals surface area contributed by atoms with Crippen LogP contribution < -0.4 is 5.32 Å². The van der Waals surface area contributed by atoms with E-state index in [9.17, 15) is 0 Å². The molecule has 0 aliphatic rings. The molecule has 0 aliphatic carbocycles. The normalized spacial score (nSPS) is 12.5. The van der Waals surface area contributed by atoms with Gasteiger partial charge in [-0.1, -0.05) is 6.92 Å². The highest BCUT2D eigenvalue weighted by atomic mass is 32.2. The molecule has 2 nitrogen and oxygen atoms in total. The van der Waals surface area contributed by atoms with E-state index in [0.29, 0.717) is 6.04 Å². The van der Waals surface area contributed by atoms with Crippen molar-refractivity contribution < 1.29 is 0 Å². The van der Waals surface area contributed by atoms with Gasteiger partial charge in [0, 0.05) is 29.4 Å². The number of hydrogen-bond acceptors (Lipinski definition) is 3. The summed E-state index contributed by atoms with van der Waals surface area (Å²) in [4.78, 5) is 4.16. The molecule has 1 aromatic heterocycles. The molecule has 3 heteroatoms. The molecular formula is C11H18N2S. The predicted molar refractivity (Wildman–Crippen MR) is 65.1 cm³/mol. The molecule has 0 amide bonds. The number of thioether (sulfide) groups is 1. The highest BCUT2D eigenvalue weighted by Crippen LogP contribution is 2.11. The lowest BCUT2D eigenvalue weighted by Crippen LogP contribution is -2.18. The van der Waals surface area contributed by atoms with Crippen molar-refractivity contribution in [3.63, 3.8) is 0 Å². The molecule has 0 bridgehead atoms. The van der Waals surface area contributed by atoms with Crippen LogP contribution in [0.3, 0.4) is 0 Å². The molecule has 1 N–H and O–H groups in total. The number of aromatic nitrogens is 1. The van der Waals surface area contributed by atoms with Crippen LogP contribution in [0.5, 0.6) is 0 Å². The second-order valence-electron chi connectivity index (χ2n) is 3.39. The Morgan fingerprint density at radius 3 is 3.00 bits per heavy atom. The van der Waals surface area contributed by atoms with Gasteiger partial charge in [-0.3, -0.25) is 4.98 Å². The minimum atomic E-state index is 0.516. The van der Waals surface area contributed by atoms with E-state index in [4.69, 9.17) is 0 Å². The summed E-state index contributed by atoms with van der Waals surface area (Å²) >= 11 is 1.96. The number of pyridine rings is 1. The molecule has 0 fully saturated rings. The smallest absolute Gasteiger partial charge is 0.0393 e. The van der Waals surface area contributed by atoms with Crippen LogP contribution in [0.4, 0.5) is 5.69 Å². The van der Waals surface area contributed by atoms with E-state index in [1.165, 1.54) is 11.4 Å². The van der Waals surface area contributed by atoms with E-state index in [0.717, 1.165) is 11.4 Å². The summed E-state index contributed by atoms with van der Waals surface area (Å²) < 4.78 is 0.